The molecule has 0 radical (unpaired) electrons. The molecule has 1 fully saturated rings. The number of piperazine rings is 1. The zero-order chi connectivity index (χ0) is 33.1. The average molecular weight is 657 g/mol. The van der Waals surface area contributed by atoms with Crippen LogP contribution in [-0.4, -0.2) is 71.5 Å². The Morgan fingerprint density at radius 2 is 1.51 bits per heavy atom. The molecule has 6 rings (SSSR count). The van der Waals surface area contributed by atoms with Gasteiger partial charge < -0.3 is 29.3 Å². The summed E-state index contributed by atoms with van der Waals surface area (Å²) < 4.78 is 26.6. The van der Waals surface area contributed by atoms with Crippen molar-refractivity contribution in [1.29, 1.82) is 0 Å². The van der Waals surface area contributed by atoms with Gasteiger partial charge >= 0.3 is 6.09 Å². The van der Waals surface area contributed by atoms with Crippen LogP contribution in [0.3, 0.4) is 0 Å². The van der Waals surface area contributed by atoms with Crippen LogP contribution in [0, 0.1) is 12.7 Å². The quantitative estimate of drug-likeness (QED) is 0.183. The SMILES string of the molecule is COc1ccc(CN(Cc2ccc(OC)cc2)c2cc(C)c(F)c(-c3cc4ncnc(N5CCN(C(=O)O)CC5)c4cc3Cl)n2)cc1. The Morgan fingerprint density at radius 3 is 2.06 bits per heavy atom. The van der Waals surface area contributed by atoms with Crippen LogP contribution < -0.4 is 19.3 Å². The zero-order valence-corrected chi connectivity index (χ0v) is 27.0. The number of hydrogen-bond donors (Lipinski definition) is 1. The van der Waals surface area contributed by atoms with Crippen molar-refractivity contribution >= 4 is 40.2 Å². The summed E-state index contributed by atoms with van der Waals surface area (Å²) in [4.78, 5) is 30.7. The second-order valence-corrected chi connectivity index (χ2v) is 11.7. The fraction of sp³-hybridized carbons (Fsp3) is 0.257. The Balaban J connectivity index is 1.38. The van der Waals surface area contributed by atoms with E-state index in [1.165, 1.54) is 11.2 Å². The van der Waals surface area contributed by atoms with Gasteiger partial charge in [-0.25, -0.2) is 24.1 Å². The summed E-state index contributed by atoms with van der Waals surface area (Å²) in [5.41, 5.74) is 3.60. The third-order valence-electron chi connectivity index (χ3n) is 8.32. The molecule has 0 saturated carbocycles. The maximum atomic E-state index is 15.9. The van der Waals surface area contributed by atoms with Crippen LogP contribution in [0.1, 0.15) is 16.7 Å². The number of benzene rings is 3. The molecular weight excluding hydrogens is 623 g/mol. The van der Waals surface area contributed by atoms with Crippen LogP contribution in [0.25, 0.3) is 22.2 Å². The summed E-state index contributed by atoms with van der Waals surface area (Å²) in [6.07, 6.45) is 0.513. The Labute approximate surface area is 277 Å². The second-order valence-electron chi connectivity index (χ2n) is 11.3. The van der Waals surface area contributed by atoms with Crippen molar-refractivity contribution < 1.29 is 23.8 Å². The summed E-state index contributed by atoms with van der Waals surface area (Å²) in [7, 11) is 3.26. The number of fused-ring (bicyclic) bond motifs is 1. The van der Waals surface area contributed by atoms with Crippen LogP contribution in [-0.2, 0) is 13.1 Å². The molecule has 1 amide bonds. The van der Waals surface area contributed by atoms with Crippen molar-refractivity contribution in [3.8, 4) is 22.8 Å². The topological polar surface area (TPSA) is 104 Å². The molecule has 0 atom stereocenters. The van der Waals surface area contributed by atoms with E-state index in [1.807, 2.05) is 53.4 Å². The third-order valence-corrected chi connectivity index (χ3v) is 8.64. The van der Waals surface area contributed by atoms with E-state index in [0.717, 1.165) is 22.6 Å². The number of ether oxygens (including phenoxy) is 2. The number of anilines is 2. The fourth-order valence-electron chi connectivity index (χ4n) is 5.71. The van der Waals surface area contributed by atoms with Crippen LogP contribution in [0.2, 0.25) is 5.02 Å². The summed E-state index contributed by atoms with van der Waals surface area (Å²) in [5.74, 6) is 2.28. The molecule has 242 valence electrons. The van der Waals surface area contributed by atoms with E-state index in [2.05, 4.69) is 14.9 Å². The van der Waals surface area contributed by atoms with Gasteiger partial charge in [-0.05, 0) is 66.1 Å². The van der Waals surface area contributed by atoms with Gasteiger partial charge in [0.2, 0.25) is 0 Å². The van der Waals surface area contributed by atoms with Crippen molar-refractivity contribution in [2.75, 3.05) is 50.2 Å². The van der Waals surface area contributed by atoms with E-state index in [9.17, 15) is 9.90 Å². The Bertz CT molecular complexity index is 1850. The molecule has 3 aromatic carbocycles. The molecule has 0 aliphatic carbocycles. The first-order valence-electron chi connectivity index (χ1n) is 15.1. The lowest BCUT2D eigenvalue weighted by Gasteiger charge is -2.34. The number of methoxy groups -OCH3 is 2. The zero-order valence-electron chi connectivity index (χ0n) is 26.3. The van der Waals surface area contributed by atoms with Gasteiger partial charge in [-0.15, -0.1) is 0 Å². The maximum absolute atomic E-state index is 15.9. The van der Waals surface area contributed by atoms with Gasteiger partial charge in [-0.2, -0.15) is 0 Å². The van der Waals surface area contributed by atoms with Crippen LogP contribution >= 0.6 is 11.6 Å². The number of halogens is 2. The molecule has 0 bridgehead atoms. The summed E-state index contributed by atoms with van der Waals surface area (Å²) >= 11 is 6.88. The molecule has 1 aliphatic rings. The largest absolute Gasteiger partial charge is 0.497 e. The molecule has 0 spiro atoms. The third kappa shape index (κ3) is 6.85. The highest BCUT2D eigenvalue weighted by atomic mass is 35.5. The van der Waals surface area contributed by atoms with Crippen LogP contribution in [0.15, 0.2) is 73.1 Å². The number of pyridine rings is 1. The molecule has 12 heteroatoms. The lowest BCUT2D eigenvalue weighted by molar-refractivity contribution is 0.142. The maximum Gasteiger partial charge on any atom is 0.407 e. The predicted molar refractivity (Wildman–Crippen MR) is 180 cm³/mol. The Kier molecular flexibility index (Phi) is 9.26. The molecule has 0 unspecified atom stereocenters. The Morgan fingerprint density at radius 1 is 0.915 bits per heavy atom. The summed E-state index contributed by atoms with van der Waals surface area (Å²) in [6, 6.07) is 20.8. The minimum atomic E-state index is -0.941. The standard InChI is InChI=1S/C35H34ClFN6O4/c1-22-16-31(43(19-23-4-8-25(46-2)9-5-23)20-24-6-10-26(47-3)11-7-24)40-33(32(22)37)27-18-30-28(17-29(27)36)34(39-21-38-30)41-12-14-42(15-13-41)35(44)45/h4-11,16-18,21H,12-15,19-20H2,1-3H3,(H,44,45). The first-order chi connectivity index (χ1) is 22.7. The molecule has 1 N–H and O–H groups in total. The first-order valence-corrected chi connectivity index (χ1v) is 15.5. The highest BCUT2D eigenvalue weighted by molar-refractivity contribution is 6.34. The molecule has 3 heterocycles. The average Bonchev–Trinajstić information content (AvgIpc) is 3.09. The lowest BCUT2D eigenvalue weighted by Crippen LogP contribution is -2.48. The minimum absolute atomic E-state index is 0.122. The van der Waals surface area contributed by atoms with E-state index >= 15 is 4.39 Å². The van der Waals surface area contributed by atoms with E-state index in [0.29, 0.717) is 78.0 Å². The molecule has 1 aliphatic heterocycles. The minimum Gasteiger partial charge on any atom is -0.497 e. The number of hydrogen-bond acceptors (Lipinski definition) is 8. The Hall–Kier alpha value is -5.16. The van der Waals surface area contributed by atoms with E-state index in [-0.39, 0.29) is 5.69 Å². The molecule has 1 saturated heterocycles. The van der Waals surface area contributed by atoms with E-state index in [4.69, 9.17) is 26.1 Å². The smallest absolute Gasteiger partial charge is 0.407 e. The molecule has 5 aromatic rings. The number of aryl methyl sites for hydroxylation is 1. The fourth-order valence-corrected chi connectivity index (χ4v) is 5.96. The van der Waals surface area contributed by atoms with E-state index in [1.54, 1.807) is 39.3 Å². The highest BCUT2D eigenvalue weighted by Crippen LogP contribution is 2.37. The van der Waals surface area contributed by atoms with Gasteiger partial charge in [-0.3, -0.25) is 0 Å². The number of rotatable bonds is 9. The van der Waals surface area contributed by atoms with Gasteiger partial charge in [0.25, 0.3) is 0 Å². The lowest BCUT2D eigenvalue weighted by atomic mass is 10.0. The number of aromatic nitrogens is 3. The summed E-state index contributed by atoms with van der Waals surface area (Å²) in [6.45, 7) is 4.40. The molecule has 10 nitrogen and oxygen atoms in total. The molecule has 47 heavy (non-hydrogen) atoms. The number of amides is 1. The van der Waals surface area contributed by atoms with Crippen LogP contribution in [0.4, 0.5) is 20.8 Å². The molecular formula is C35H34ClFN6O4. The van der Waals surface area contributed by atoms with Gasteiger partial charge in [0.1, 0.15) is 35.2 Å². The van der Waals surface area contributed by atoms with Gasteiger partial charge in [0.05, 0.1) is 24.8 Å². The predicted octanol–water partition coefficient (Wildman–Crippen LogP) is 6.82. The summed E-state index contributed by atoms with van der Waals surface area (Å²) in [5, 5.41) is 10.3. The normalized spacial score (nSPS) is 13.1. The monoisotopic (exact) mass is 656 g/mol. The van der Waals surface area contributed by atoms with Crippen molar-refractivity contribution in [3.63, 3.8) is 0 Å². The van der Waals surface area contributed by atoms with Crippen LogP contribution in [0.5, 0.6) is 11.5 Å². The van der Waals surface area contributed by atoms with Crippen molar-refractivity contribution in [2.24, 2.45) is 0 Å². The number of nitrogens with zero attached hydrogens (tertiary/aromatic N) is 6. The van der Waals surface area contributed by atoms with Gasteiger partial charge in [0.15, 0.2) is 5.82 Å². The number of carbonyl (C=O) groups is 1. The highest BCUT2D eigenvalue weighted by Gasteiger charge is 2.24. The van der Waals surface area contributed by atoms with Crippen molar-refractivity contribution in [3.05, 3.63) is 101 Å². The van der Waals surface area contributed by atoms with Gasteiger partial charge in [-0.1, -0.05) is 35.9 Å². The first kappa shape index (κ1) is 31.8. The molecule has 2 aromatic heterocycles. The second kappa shape index (κ2) is 13.7. The van der Waals surface area contributed by atoms with Crippen molar-refractivity contribution in [1.82, 2.24) is 19.9 Å². The number of carboxylic acid groups (broad SMARTS) is 1. The van der Waals surface area contributed by atoms with Gasteiger partial charge in [0, 0.05) is 50.2 Å². The van der Waals surface area contributed by atoms with E-state index < -0.39 is 11.9 Å². The van der Waals surface area contributed by atoms with Crippen molar-refractivity contribution in [2.45, 2.75) is 20.0 Å².